The zero-order valence-corrected chi connectivity index (χ0v) is 13.6. The lowest BCUT2D eigenvalue weighted by Crippen LogP contribution is -2.50. The van der Waals surface area contributed by atoms with Crippen LogP contribution in [0, 0.1) is 17.3 Å². The van der Waals surface area contributed by atoms with Crippen molar-refractivity contribution in [3.05, 3.63) is 0 Å². The summed E-state index contributed by atoms with van der Waals surface area (Å²) in [4.78, 5) is 25.7. The zero-order valence-electron chi connectivity index (χ0n) is 13.6. The molecule has 2 rings (SSSR count). The molecule has 0 aromatic carbocycles. The third kappa shape index (κ3) is 3.78. The quantitative estimate of drug-likeness (QED) is 0.850. The maximum Gasteiger partial charge on any atom is 0.326 e. The topological polar surface area (TPSA) is 57.6 Å². The molecule has 1 saturated carbocycles. The second-order valence-electron chi connectivity index (χ2n) is 7.80. The fourth-order valence-corrected chi connectivity index (χ4v) is 3.89. The van der Waals surface area contributed by atoms with Gasteiger partial charge in [0.05, 0.1) is 0 Å². The predicted octanol–water partition coefficient (Wildman–Crippen LogP) is 3.30. The number of likely N-dealkylation sites (tertiary alicyclic amines) is 1. The van der Waals surface area contributed by atoms with Gasteiger partial charge in [0.1, 0.15) is 6.04 Å². The molecule has 0 aromatic rings. The van der Waals surface area contributed by atoms with Crippen LogP contribution in [0.25, 0.3) is 0 Å². The first-order chi connectivity index (χ1) is 9.80. The summed E-state index contributed by atoms with van der Waals surface area (Å²) in [5.74, 6) is -0.0254. The summed E-state index contributed by atoms with van der Waals surface area (Å²) in [6.07, 6.45) is 6.48. The predicted molar refractivity (Wildman–Crippen MR) is 81.9 cm³/mol. The summed E-state index contributed by atoms with van der Waals surface area (Å²) >= 11 is 0. The van der Waals surface area contributed by atoms with E-state index < -0.39 is 12.0 Å². The average Bonchev–Trinajstić information content (AvgIpc) is 2.45. The molecule has 1 N–H and O–H groups in total. The first-order valence-electron chi connectivity index (χ1n) is 8.34. The SMILES string of the molecule is CC(C)(C)C1CCC(C(=O)N2CCCCC2C(=O)O)CC1. The number of hydrogen-bond donors (Lipinski definition) is 1. The lowest BCUT2D eigenvalue weighted by molar-refractivity contribution is -0.154. The molecule has 1 unspecified atom stereocenters. The molecule has 1 atom stereocenters. The van der Waals surface area contributed by atoms with Crippen LogP contribution < -0.4 is 0 Å². The van der Waals surface area contributed by atoms with Crippen molar-refractivity contribution in [2.45, 2.75) is 71.8 Å². The van der Waals surface area contributed by atoms with Crippen molar-refractivity contribution < 1.29 is 14.7 Å². The van der Waals surface area contributed by atoms with Crippen LogP contribution in [0.2, 0.25) is 0 Å². The van der Waals surface area contributed by atoms with Gasteiger partial charge in [-0.15, -0.1) is 0 Å². The van der Waals surface area contributed by atoms with Crippen LogP contribution >= 0.6 is 0 Å². The maximum atomic E-state index is 12.7. The normalized spacial score (nSPS) is 31.0. The van der Waals surface area contributed by atoms with Gasteiger partial charge >= 0.3 is 5.97 Å². The highest BCUT2D eigenvalue weighted by Crippen LogP contribution is 2.40. The number of piperidine rings is 1. The molecule has 0 aromatic heterocycles. The Morgan fingerprint density at radius 1 is 1.00 bits per heavy atom. The molecule has 2 aliphatic rings. The molecule has 4 heteroatoms. The smallest absolute Gasteiger partial charge is 0.326 e. The van der Waals surface area contributed by atoms with Crippen molar-refractivity contribution >= 4 is 11.9 Å². The summed E-state index contributed by atoms with van der Waals surface area (Å²) in [7, 11) is 0. The Morgan fingerprint density at radius 3 is 2.14 bits per heavy atom. The van der Waals surface area contributed by atoms with E-state index in [4.69, 9.17) is 0 Å². The van der Waals surface area contributed by atoms with E-state index >= 15 is 0 Å². The van der Waals surface area contributed by atoms with Gasteiger partial charge in [0, 0.05) is 12.5 Å². The van der Waals surface area contributed by atoms with Gasteiger partial charge in [-0.1, -0.05) is 20.8 Å². The standard InChI is InChI=1S/C17H29NO3/c1-17(2,3)13-9-7-12(8-10-13)15(19)18-11-5-4-6-14(18)16(20)21/h12-14H,4-11H2,1-3H3,(H,20,21). The zero-order chi connectivity index (χ0) is 15.6. The average molecular weight is 295 g/mol. The monoisotopic (exact) mass is 295 g/mol. The Labute approximate surface area is 127 Å². The van der Waals surface area contributed by atoms with Crippen LogP contribution in [0.1, 0.15) is 65.7 Å². The Balaban J connectivity index is 1.96. The van der Waals surface area contributed by atoms with Crippen molar-refractivity contribution in [1.29, 1.82) is 0 Å². The van der Waals surface area contributed by atoms with Crippen molar-refractivity contribution in [2.75, 3.05) is 6.54 Å². The largest absolute Gasteiger partial charge is 0.480 e. The fraction of sp³-hybridized carbons (Fsp3) is 0.882. The van der Waals surface area contributed by atoms with E-state index in [9.17, 15) is 14.7 Å². The molecule has 1 aliphatic carbocycles. The second-order valence-corrected chi connectivity index (χ2v) is 7.80. The van der Waals surface area contributed by atoms with Gasteiger partial charge < -0.3 is 10.0 Å². The minimum atomic E-state index is -0.841. The molecule has 0 radical (unpaired) electrons. The van der Waals surface area contributed by atoms with Crippen LogP contribution in [-0.2, 0) is 9.59 Å². The molecule has 2 fully saturated rings. The van der Waals surface area contributed by atoms with E-state index in [1.54, 1.807) is 4.90 Å². The molecule has 0 spiro atoms. The van der Waals surface area contributed by atoms with Crippen LogP contribution in [0.3, 0.4) is 0 Å². The van der Waals surface area contributed by atoms with Crippen LogP contribution in [-0.4, -0.2) is 34.5 Å². The first-order valence-corrected chi connectivity index (χ1v) is 8.34. The number of aliphatic carboxylic acids is 1. The minimum absolute atomic E-state index is 0.0450. The van der Waals surface area contributed by atoms with E-state index in [1.165, 1.54) is 0 Å². The molecule has 1 saturated heterocycles. The number of carboxylic acid groups (broad SMARTS) is 1. The van der Waals surface area contributed by atoms with E-state index in [0.717, 1.165) is 38.5 Å². The number of amides is 1. The lowest BCUT2D eigenvalue weighted by Gasteiger charge is -2.40. The van der Waals surface area contributed by atoms with E-state index in [0.29, 0.717) is 24.3 Å². The Kier molecular flexibility index (Phi) is 4.95. The fourth-order valence-electron chi connectivity index (χ4n) is 3.89. The molecular weight excluding hydrogens is 266 g/mol. The van der Waals surface area contributed by atoms with Crippen LogP contribution in [0.4, 0.5) is 0 Å². The molecule has 120 valence electrons. The van der Waals surface area contributed by atoms with Crippen molar-refractivity contribution in [2.24, 2.45) is 17.3 Å². The van der Waals surface area contributed by atoms with E-state index in [-0.39, 0.29) is 11.8 Å². The summed E-state index contributed by atoms with van der Waals surface area (Å²) in [6.45, 7) is 7.43. The summed E-state index contributed by atoms with van der Waals surface area (Å²) in [6, 6.07) is -0.591. The summed E-state index contributed by atoms with van der Waals surface area (Å²) in [5, 5.41) is 9.31. The number of rotatable bonds is 2. The van der Waals surface area contributed by atoms with Gasteiger partial charge in [-0.05, 0) is 56.3 Å². The van der Waals surface area contributed by atoms with Gasteiger partial charge in [-0.2, -0.15) is 0 Å². The van der Waals surface area contributed by atoms with E-state index in [1.807, 2.05) is 0 Å². The Bertz CT molecular complexity index is 391. The number of carbonyl (C=O) groups excluding carboxylic acids is 1. The molecule has 21 heavy (non-hydrogen) atoms. The van der Waals surface area contributed by atoms with E-state index in [2.05, 4.69) is 20.8 Å². The van der Waals surface area contributed by atoms with Gasteiger partial charge in [0.2, 0.25) is 5.91 Å². The highest BCUT2D eigenvalue weighted by molar-refractivity contribution is 5.85. The number of carboxylic acids is 1. The van der Waals surface area contributed by atoms with Gasteiger partial charge in [-0.3, -0.25) is 4.79 Å². The number of hydrogen-bond acceptors (Lipinski definition) is 2. The maximum absolute atomic E-state index is 12.7. The van der Waals surface area contributed by atoms with Crippen molar-refractivity contribution in [3.8, 4) is 0 Å². The third-order valence-electron chi connectivity index (χ3n) is 5.37. The Morgan fingerprint density at radius 2 is 1.62 bits per heavy atom. The Hall–Kier alpha value is -1.06. The van der Waals surface area contributed by atoms with Gasteiger partial charge in [0.25, 0.3) is 0 Å². The highest BCUT2D eigenvalue weighted by atomic mass is 16.4. The van der Waals surface area contributed by atoms with Crippen LogP contribution in [0.5, 0.6) is 0 Å². The number of carbonyl (C=O) groups is 2. The molecule has 4 nitrogen and oxygen atoms in total. The molecule has 0 bridgehead atoms. The van der Waals surface area contributed by atoms with Gasteiger partial charge in [-0.25, -0.2) is 4.79 Å². The summed E-state index contributed by atoms with van der Waals surface area (Å²) < 4.78 is 0. The minimum Gasteiger partial charge on any atom is -0.480 e. The van der Waals surface area contributed by atoms with Crippen LogP contribution in [0.15, 0.2) is 0 Å². The van der Waals surface area contributed by atoms with Crippen molar-refractivity contribution in [3.63, 3.8) is 0 Å². The highest BCUT2D eigenvalue weighted by Gasteiger charge is 2.38. The number of nitrogens with zero attached hydrogens (tertiary/aromatic N) is 1. The van der Waals surface area contributed by atoms with Crippen molar-refractivity contribution in [1.82, 2.24) is 4.90 Å². The molecular formula is C17H29NO3. The first kappa shape index (κ1) is 16.3. The van der Waals surface area contributed by atoms with Gasteiger partial charge in [0.15, 0.2) is 0 Å². The molecule has 1 heterocycles. The second kappa shape index (κ2) is 6.37. The lowest BCUT2D eigenvalue weighted by atomic mass is 9.69. The molecule has 1 aliphatic heterocycles. The summed E-state index contributed by atoms with van der Waals surface area (Å²) in [5.41, 5.74) is 0.308. The molecule has 1 amide bonds. The third-order valence-corrected chi connectivity index (χ3v) is 5.37.